The Balaban J connectivity index is 2.37. The molecule has 0 bridgehead atoms. The summed E-state index contributed by atoms with van der Waals surface area (Å²) in [5.41, 5.74) is 0.0248. The summed E-state index contributed by atoms with van der Waals surface area (Å²) >= 11 is 0. The van der Waals surface area contributed by atoms with Crippen molar-refractivity contribution in [1.29, 1.82) is 0 Å². The van der Waals surface area contributed by atoms with Crippen LogP contribution in [0.1, 0.15) is 52.1 Å². The number of carbonyl (C=O) groups is 2. The van der Waals surface area contributed by atoms with Gasteiger partial charge in [-0.25, -0.2) is 0 Å². The molecule has 1 aliphatic heterocycles. The van der Waals surface area contributed by atoms with E-state index in [4.69, 9.17) is 0 Å². The third kappa shape index (κ3) is 2.80. The van der Waals surface area contributed by atoms with E-state index in [2.05, 4.69) is 12.2 Å². The van der Waals surface area contributed by atoms with Crippen molar-refractivity contribution in [1.82, 2.24) is 10.2 Å². The average Bonchev–Trinajstić information content (AvgIpc) is 2.44. The molecule has 2 rings (SSSR count). The fraction of sp³-hybridized carbons (Fsp3) is 0.529. The molecule has 1 fully saturated rings. The molecule has 0 spiro atoms. The van der Waals surface area contributed by atoms with Gasteiger partial charge < -0.3 is 10.2 Å². The number of nitrogens with zero attached hydrogens (tertiary/aromatic N) is 1. The summed E-state index contributed by atoms with van der Waals surface area (Å²) in [6.07, 6.45) is 1.88. The average molecular weight is 288 g/mol. The Kier molecular flexibility index (Phi) is 4.35. The summed E-state index contributed by atoms with van der Waals surface area (Å²) in [6, 6.07) is 8.90. The van der Waals surface area contributed by atoms with E-state index in [9.17, 15) is 9.59 Å². The standard InChI is InChI=1S/C17H24N2O2/c1-5-9-12(2)19-15(20)14(13-10-7-6-8-11-13)18-16(21)17(19,3)4/h6-8,10-12,14H,5,9H2,1-4H3,(H,18,21). The third-order valence-electron chi connectivity index (χ3n) is 4.20. The molecule has 4 heteroatoms. The summed E-state index contributed by atoms with van der Waals surface area (Å²) in [7, 11) is 0. The summed E-state index contributed by atoms with van der Waals surface area (Å²) < 4.78 is 0. The van der Waals surface area contributed by atoms with Crippen LogP contribution in [-0.2, 0) is 9.59 Å². The maximum absolute atomic E-state index is 12.9. The van der Waals surface area contributed by atoms with Crippen molar-refractivity contribution in [2.75, 3.05) is 0 Å². The van der Waals surface area contributed by atoms with Crippen molar-refractivity contribution in [2.45, 2.75) is 58.2 Å². The van der Waals surface area contributed by atoms with Gasteiger partial charge in [0, 0.05) is 6.04 Å². The fourth-order valence-electron chi connectivity index (χ4n) is 3.08. The molecule has 4 nitrogen and oxygen atoms in total. The molecular weight excluding hydrogens is 264 g/mol. The van der Waals surface area contributed by atoms with Crippen molar-refractivity contribution in [3.63, 3.8) is 0 Å². The van der Waals surface area contributed by atoms with Gasteiger partial charge >= 0.3 is 0 Å². The Hall–Kier alpha value is -1.84. The lowest BCUT2D eigenvalue weighted by atomic mass is 9.90. The highest BCUT2D eigenvalue weighted by molar-refractivity contribution is 5.99. The van der Waals surface area contributed by atoms with Gasteiger partial charge in [0.2, 0.25) is 5.91 Å². The monoisotopic (exact) mass is 288 g/mol. The van der Waals surface area contributed by atoms with Gasteiger partial charge in [-0.2, -0.15) is 0 Å². The van der Waals surface area contributed by atoms with Crippen LogP contribution in [0.4, 0.5) is 0 Å². The first-order chi connectivity index (χ1) is 9.89. The van der Waals surface area contributed by atoms with Crippen LogP contribution in [0.2, 0.25) is 0 Å². The quantitative estimate of drug-likeness (QED) is 0.926. The molecule has 1 heterocycles. The Morgan fingerprint density at radius 3 is 2.43 bits per heavy atom. The first-order valence-electron chi connectivity index (χ1n) is 7.58. The molecule has 21 heavy (non-hydrogen) atoms. The predicted octanol–water partition coefficient (Wildman–Crippen LogP) is 2.65. The molecular formula is C17H24N2O2. The smallest absolute Gasteiger partial charge is 0.250 e. The Labute approximate surface area is 126 Å². The summed E-state index contributed by atoms with van der Waals surface area (Å²) in [5.74, 6) is -0.120. The van der Waals surface area contributed by atoms with Gasteiger partial charge in [0.25, 0.3) is 5.91 Å². The molecule has 114 valence electrons. The number of carbonyl (C=O) groups excluding carboxylic acids is 2. The second-order valence-corrected chi connectivity index (χ2v) is 6.22. The highest BCUT2D eigenvalue weighted by atomic mass is 16.2. The molecule has 2 atom stereocenters. The fourth-order valence-corrected chi connectivity index (χ4v) is 3.08. The molecule has 1 N–H and O–H groups in total. The second kappa shape index (κ2) is 5.88. The van der Waals surface area contributed by atoms with Crippen LogP contribution in [0.25, 0.3) is 0 Å². The highest BCUT2D eigenvalue weighted by Crippen LogP contribution is 2.31. The first kappa shape index (κ1) is 15.5. The van der Waals surface area contributed by atoms with Crippen LogP contribution in [0, 0.1) is 0 Å². The number of nitrogens with one attached hydrogen (secondary N) is 1. The first-order valence-corrected chi connectivity index (χ1v) is 7.58. The van der Waals surface area contributed by atoms with Gasteiger partial charge in [-0.15, -0.1) is 0 Å². The van der Waals surface area contributed by atoms with E-state index in [1.54, 1.807) is 4.90 Å². The largest absolute Gasteiger partial charge is 0.338 e. The third-order valence-corrected chi connectivity index (χ3v) is 4.20. The summed E-state index contributed by atoms with van der Waals surface area (Å²) in [5, 5.41) is 2.87. The van der Waals surface area contributed by atoms with E-state index < -0.39 is 11.6 Å². The van der Waals surface area contributed by atoms with Crippen molar-refractivity contribution < 1.29 is 9.59 Å². The Morgan fingerprint density at radius 2 is 1.86 bits per heavy atom. The van der Waals surface area contributed by atoms with Gasteiger partial charge in [0.1, 0.15) is 11.6 Å². The topological polar surface area (TPSA) is 49.4 Å². The number of piperazine rings is 1. The zero-order chi connectivity index (χ0) is 15.6. The van der Waals surface area contributed by atoms with Crippen LogP contribution < -0.4 is 5.32 Å². The van der Waals surface area contributed by atoms with E-state index in [1.165, 1.54) is 0 Å². The van der Waals surface area contributed by atoms with Crippen molar-refractivity contribution in [2.24, 2.45) is 0 Å². The Bertz CT molecular complexity index is 525. The number of amides is 2. The normalized spacial score (nSPS) is 22.9. The van der Waals surface area contributed by atoms with Crippen LogP contribution in [0.15, 0.2) is 30.3 Å². The number of benzene rings is 1. The number of hydrogen-bond acceptors (Lipinski definition) is 2. The second-order valence-electron chi connectivity index (χ2n) is 6.22. The summed E-state index contributed by atoms with van der Waals surface area (Å²) in [6.45, 7) is 7.73. The molecule has 1 saturated heterocycles. The highest BCUT2D eigenvalue weighted by Gasteiger charge is 2.48. The van der Waals surface area contributed by atoms with E-state index >= 15 is 0 Å². The molecule has 2 amide bonds. The van der Waals surface area contributed by atoms with Crippen LogP contribution in [0.5, 0.6) is 0 Å². The van der Waals surface area contributed by atoms with E-state index in [-0.39, 0.29) is 17.9 Å². The molecule has 0 aliphatic carbocycles. The van der Waals surface area contributed by atoms with Gasteiger partial charge in [0.15, 0.2) is 0 Å². The van der Waals surface area contributed by atoms with E-state index in [1.807, 2.05) is 51.1 Å². The maximum atomic E-state index is 12.9. The molecule has 1 aromatic carbocycles. The van der Waals surface area contributed by atoms with Crippen molar-refractivity contribution in [3.8, 4) is 0 Å². The zero-order valence-electron chi connectivity index (χ0n) is 13.2. The van der Waals surface area contributed by atoms with Gasteiger partial charge in [-0.3, -0.25) is 9.59 Å². The van der Waals surface area contributed by atoms with E-state index in [0.29, 0.717) is 0 Å². The lowest BCUT2D eigenvalue weighted by Gasteiger charge is -2.47. The lowest BCUT2D eigenvalue weighted by Crippen LogP contribution is -2.67. The number of rotatable bonds is 4. The maximum Gasteiger partial charge on any atom is 0.250 e. The zero-order valence-corrected chi connectivity index (χ0v) is 13.2. The SMILES string of the molecule is CCCC(C)N1C(=O)C(c2ccccc2)NC(=O)C1(C)C. The Morgan fingerprint density at radius 1 is 1.24 bits per heavy atom. The number of hydrogen-bond donors (Lipinski definition) is 1. The lowest BCUT2D eigenvalue weighted by molar-refractivity contribution is -0.158. The minimum absolute atomic E-state index is 0.0215. The molecule has 1 aromatic rings. The van der Waals surface area contributed by atoms with Crippen LogP contribution in [-0.4, -0.2) is 28.3 Å². The molecule has 2 unspecified atom stereocenters. The predicted molar refractivity (Wildman–Crippen MR) is 82.6 cm³/mol. The van der Waals surface area contributed by atoms with Crippen LogP contribution >= 0.6 is 0 Å². The van der Waals surface area contributed by atoms with Crippen LogP contribution in [0.3, 0.4) is 0 Å². The van der Waals surface area contributed by atoms with Gasteiger partial charge in [0.05, 0.1) is 0 Å². The van der Waals surface area contributed by atoms with Crippen molar-refractivity contribution >= 4 is 11.8 Å². The molecule has 0 aromatic heterocycles. The van der Waals surface area contributed by atoms with Crippen molar-refractivity contribution in [3.05, 3.63) is 35.9 Å². The van der Waals surface area contributed by atoms with E-state index in [0.717, 1.165) is 18.4 Å². The minimum atomic E-state index is -0.809. The molecule has 1 aliphatic rings. The minimum Gasteiger partial charge on any atom is -0.338 e. The van der Waals surface area contributed by atoms with Gasteiger partial charge in [-0.05, 0) is 32.8 Å². The molecule has 0 saturated carbocycles. The summed E-state index contributed by atoms with van der Waals surface area (Å²) in [4.78, 5) is 27.1. The van der Waals surface area contributed by atoms with Gasteiger partial charge in [-0.1, -0.05) is 43.7 Å². The molecule has 0 radical (unpaired) electrons.